The van der Waals surface area contributed by atoms with Gasteiger partial charge in [0.15, 0.2) is 11.7 Å². The molecule has 0 saturated carbocycles. The first-order chi connectivity index (χ1) is 12.7. The molecular formula is C17H28IN5O4. The van der Waals surface area contributed by atoms with Crippen LogP contribution in [0.25, 0.3) is 0 Å². The fourth-order valence-corrected chi connectivity index (χ4v) is 2.60. The Kier molecular flexibility index (Phi) is 10.8. The summed E-state index contributed by atoms with van der Waals surface area (Å²) in [6.45, 7) is 6.11. The molecule has 1 aliphatic heterocycles. The first-order valence-corrected chi connectivity index (χ1v) is 8.77. The van der Waals surface area contributed by atoms with Crippen LogP contribution in [0.5, 0.6) is 0 Å². The Labute approximate surface area is 176 Å². The molecule has 152 valence electrons. The molecule has 1 aliphatic rings. The van der Waals surface area contributed by atoms with E-state index in [-0.39, 0.29) is 42.3 Å². The zero-order valence-electron chi connectivity index (χ0n) is 15.8. The van der Waals surface area contributed by atoms with Crippen LogP contribution in [0.2, 0.25) is 0 Å². The second-order valence-corrected chi connectivity index (χ2v) is 5.77. The number of methoxy groups -OCH3 is 1. The van der Waals surface area contributed by atoms with Crippen molar-refractivity contribution in [2.75, 3.05) is 59.5 Å². The van der Waals surface area contributed by atoms with Gasteiger partial charge in [-0.2, -0.15) is 0 Å². The van der Waals surface area contributed by atoms with E-state index in [1.165, 1.54) is 6.26 Å². The average Bonchev–Trinajstić information content (AvgIpc) is 3.20. The van der Waals surface area contributed by atoms with Crippen LogP contribution in [0, 0.1) is 0 Å². The minimum atomic E-state index is -0.149. The Balaban J connectivity index is 0.00000364. The summed E-state index contributed by atoms with van der Waals surface area (Å²) in [7, 11) is 1.59. The number of nitrogens with one attached hydrogen (secondary N) is 2. The van der Waals surface area contributed by atoms with E-state index in [0.717, 1.165) is 0 Å². The zero-order valence-corrected chi connectivity index (χ0v) is 18.1. The van der Waals surface area contributed by atoms with Gasteiger partial charge in [0, 0.05) is 46.4 Å². The Morgan fingerprint density at radius 1 is 1.22 bits per heavy atom. The van der Waals surface area contributed by atoms with E-state index in [1.54, 1.807) is 24.1 Å². The number of halogens is 1. The Hall–Kier alpha value is -1.82. The molecule has 1 saturated heterocycles. The molecule has 10 heteroatoms. The van der Waals surface area contributed by atoms with E-state index < -0.39 is 0 Å². The minimum absolute atomic E-state index is 0. The number of carbonyl (C=O) groups excluding carboxylic acids is 2. The number of nitrogens with zero attached hydrogens (tertiary/aromatic N) is 3. The molecule has 2 heterocycles. The van der Waals surface area contributed by atoms with Gasteiger partial charge in [-0.25, -0.2) is 4.99 Å². The summed E-state index contributed by atoms with van der Waals surface area (Å²) in [4.78, 5) is 32.3. The van der Waals surface area contributed by atoms with Gasteiger partial charge in [-0.1, -0.05) is 0 Å². The molecule has 2 amide bonds. The SMILES string of the molecule is CCNC(=NCC(=O)NCCOC)N1CCN(C(=O)c2ccco2)CC1.I. The van der Waals surface area contributed by atoms with Gasteiger partial charge in [0.2, 0.25) is 5.91 Å². The lowest BCUT2D eigenvalue weighted by Gasteiger charge is -2.36. The highest BCUT2D eigenvalue weighted by atomic mass is 127. The van der Waals surface area contributed by atoms with Crippen molar-refractivity contribution in [1.29, 1.82) is 0 Å². The monoisotopic (exact) mass is 493 g/mol. The summed E-state index contributed by atoms with van der Waals surface area (Å²) in [6, 6.07) is 3.37. The van der Waals surface area contributed by atoms with E-state index >= 15 is 0 Å². The molecule has 0 spiro atoms. The number of amides is 2. The topological polar surface area (TPSA) is 99.4 Å². The summed E-state index contributed by atoms with van der Waals surface area (Å²) in [6.07, 6.45) is 1.50. The van der Waals surface area contributed by atoms with Gasteiger partial charge in [-0.05, 0) is 19.1 Å². The molecule has 9 nitrogen and oxygen atoms in total. The maximum atomic E-state index is 12.3. The Morgan fingerprint density at radius 2 is 1.93 bits per heavy atom. The third-order valence-corrected chi connectivity index (χ3v) is 3.93. The fourth-order valence-electron chi connectivity index (χ4n) is 2.60. The van der Waals surface area contributed by atoms with Gasteiger partial charge in [0.25, 0.3) is 5.91 Å². The lowest BCUT2D eigenvalue weighted by molar-refractivity contribution is -0.119. The minimum Gasteiger partial charge on any atom is -0.459 e. The van der Waals surface area contributed by atoms with Gasteiger partial charge < -0.3 is 29.6 Å². The van der Waals surface area contributed by atoms with Crippen molar-refractivity contribution in [2.24, 2.45) is 4.99 Å². The summed E-state index contributed by atoms with van der Waals surface area (Å²) < 4.78 is 10.1. The lowest BCUT2D eigenvalue weighted by atomic mass is 10.3. The van der Waals surface area contributed by atoms with Crippen LogP contribution < -0.4 is 10.6 Å². The quantitative estimate of drug-likeness (QED) is 0.247. The van der Waals surface area contributed by atoms with E-state index in [2.05, 4.69) is 20.5 Å². The van der Waals surface area contributed by atoms with Crippen LogP contribution in [0.4, 0.5) is 0 Å². The average molecular weight is 493 g/mol. The molecule has 1 aromatic heterocycles. The number of aliphatic imine (C=N–C) groups is 1. The molecule has 1 fully saturated rings. The zero-order chi connectivity index (χ0) is 18.8. The summed E-state index contributed by atoms with van der Waals surface area (Å²) in [5.41, 5.74) is 0. The standard InChI is InChI=1S/C17H27N5O4.HI/c1-3-18-17(20-13-15(23)19-6-12-25-2)22-9-7-21(8-10-22)16(24)14-5-4-11-26-14;/h4-5,11H,3,6-10,12-13H2,1-2H3,(H,18,20)(H,19,23);1H. The Morgan fingerprint density at radius 3 is 2.52 bits per heavy atom. The van der Waals surface area contributed by atoms with E-state index in [4.69, 9.17) is 9.15 Å². The number of furan rings is 1. The van der Waals surface area contributed by atoms with Crippen LogP contribution in [0.1, 0.15) is 17.5 Å². The number of piperazine rings is 1. The van der Waals surface area contributed by atoms with Crippen molar-refractivity contribution in [3.8, 4) is 0 Å². The van der Waals surface area contributed by atoms with Gasteiger partial charge in [-0.15, -0.1) is 24.0 Å². The second kappa shape index (κ2) is 12.5. The van der Waals surface area contributed by atoms with Crippen molar-refractivity contribution >= 4 is 41.8 Å². The normalized spacial score (nSPS) is 14.5. The largest absolute Gasteiger partial charge is 0.459 e. The van der Waals surface area contributed by atoms with Crippen molar-refractivity contribution in [3.63, 3.8) is 0 Å². The molecule has 2 N–H and O–H groups in total. The first kappa shape index (κ1) is 23.2. The number of carbonyl (C=O) groups is 2. The molecular weight excluding hydrogens is 465 g/mol. The van der Waals surface area contributed by atoms with Gasteiger partial charge in [-0.3, -0.25) is 9.59 Å². The molecule has 27 heavy (non-hydrogen) atoms. The third-order valence-electron chi connectivity index (χ3n) is 3.93. The third kappa shape index (κ3) is 7.37. The molecule has 0 aliphatic carbocycles. The fraction of sp³-hybridized carbons (Fsp3) is 0.588. The maximum absolute atomic E-state index is 12.3. The summed E-state index contributed by atoms with van der Waals surface area (Å²) in [5.74, 6) is 0.782. The molecule has 0 aromatic carbocycles. The van der Waals surface area contributed by atoms with E-state index in [1.807, 2.05) is 6.92 Å². The Bertz CT molecular complexity index is 600. The van der Waals surface area contributed by atoms with Gasteiger partial charge >= 0.3 is 0 Å². The predicted octanol–water partition coefficient (Wildman–Crippen LogP) is 0.384. The first-order valence-electron chi connectivity index (χ1n) is 8.77. The van der Waals surface area contributed by atoms with Gasteiger partial charge in [0.05, 0.1) is 12.9 Å². The molecule has 0 bridgehead atoms. The number of rotatable bonds is 7. The highest BCUT2D eigenvalue weighted by molar-refractivity contribution is 14.0. The van der Waals surface area contributed by atoms with Crippen LogP contribution in [0.3, 0.4) is 0 Å². The summed E-state index contributed by atoms with van der Waals surface area (Å²) in [5, 5.41) is 5.94. The highest BCUT2D eigenvalue weighted by Gasteiger charge is 2.25. The molecule has 0 atom stereocenters. The predicted molar refractivity (Wildman–Crippen MR) is 112 cm³/mol. The van der Waals surface area contributed by atoms with Crippen LogP contribution in [-0.4, -0.2) is 87.1 Å². The van der Waals surface area contributed by atoms with Gasteiger partial charge in [0.1, 0.15) is 6.54 Å². The van der Waals surface area contributed by atoms with Crippen molar-refractivity contribution in [1.82, 2.24) is 20.4 Å². The molecule has 0 unspecified atom stereocenters. The van der Waals surface area contributed by atoms with E-state index in [0.29, 0.717) is 57.6 Å². The van der Waals surface area contributed by atoms with Crippen LogP contribution >= 0.6 is 24.0 Å². The molecule has 2 rings (SSSR count). The number of guanidine groups is 1. The van der Waals surface area contributed by atoms with Crippen molar-refractivity contribution in [2.45, 2.75) is 6.92 Å². The smallest absolute Gasteiger partial charge is 0.289 e. The molecule has 1 aromatic rings. The van der Waals surface area contributed by atoms with Crippen LogP contribution in [-0.2, 0) is 9.53 Å². The summed E-state index contributed by atoms with van der Waals surface area (Å²) >= 11 is 0. The maximum Gasteiger partial charge on any atom is 0.289 e. The van der Waals surface area contributed by atoms with Crippen molar-refractivity contribution < 1.29 is 18.7 Å². The van der Waals surface area contributed by atoms with E-state index in [9.17, 15) is 9.59 Å². The number of ether oxygens (including phenoxy) is 1. The molecule has 0 radical (unpaired) electrons. The van der Waals surface area contributed by atoms with Crippen molar-refractivity contribution in [3.05, 3.63) is 24.2 Å². The lowest BCUT2D eigenvalue weighted by Crippen LogP contribution is -2.54. The second-order valence-electron chi connectivity index (χ2n) is 5.77. The number of hydrogen-bond acceptors (Lipinski definition) is 5. The van der Waals surface area contributed by atoms with Crippen LogP contribution in [0.15, 0.2) is 27.8 Å². The highest BCUT2D eigenvalue weighted by Crippen LogP contribution is 2.09. The number of hydrogen-bond donors (Lipinski definition) is 2.